The van der Waals surface area contributed by atoms with Crippen LogP contribution in [-0.2, 0) is 19.5 Å². The van der Waals surface area contributed by atoms with E-state index in [1.165, 1.54) is 22.5 Å². The molecule has 2 aromatic rings. The van der Waals surface area contributed by atoms with E-state index < -0.39 is 0 Å². The van der Waals surface area contributed by atoms with Gasteiger partial charge in [0, 0.05) is 37.4 Å². The smallest absolute Gasteiger partial charge is 0.123 e. The highest BCUT2D eigenvalue weighted by Crippen LogP contribution is 2.27. The van der Waals surface area contributed by atoms with Crippen LogP contribution in [0.1, 0.15) is 29.4 Å². The molecule has 112 valence electrons. The monoisotopic (exact) mass is 284 g/mol. The minimum absolute atomic E-state index is 0.261. The molecule has 1 aromatic heterocycles. The summed E-state index contributed by atoms with van der Waals surface area (Å²) in [7, 11) is 0. The Bertz CT molecular complexity index is 605. The van der Waals surface area contributed by atoms with Gasteiger partial charge in [-0.15, -0.1) is 0 Å². The molecule has 1 N–H and O–H groups in total. The van der Waals surface area contributed by atoms with E-state index in [0.29, 0.717) is 0 Å². The van der Waals surface area contributed by atoms with E-state index in [-0.39, 0.29) is 6.10 Å². The van der Waals surface area contributed by atoms with Crippen LogP contribution in [0.25, 0.3) is 0 Å². The summed E-state index contributed by atoms with van der Waals surface area (Å²) >= 11 is 0. The van der Waals surface area contributed by atoms with Crippen molar-refractivity contribution in [3.63, 3.8) is 0 Å². The van der Waals surface area contributed by atoms with Crippen molar-refractivity contribution in [2.45, 2.75) is 46.4 Å². The number of benzene rings is 1. The predicted molar refractivity (Wildman–Crippen MR) is 85.8 cm³/mol. The summed E-state index contributed by atoms with van der Waals surface area (Å²) in [6.45, 7) is 9.42. The van der Waals surface area contributed by atoms with Crippen molar-refractivity contribution in [3.05, 3.63) is 52.8 Å². The Morgan fingerprint density at radius 3 is 2.81 bits per heavy atom. The molecule has 0 aliphatic carbocycles. The minimum atomic E-state index is 0.261. The molecular weight excluding hydrogens is 260 g/mol. The number of hydrogen-bond acceptors (Lipinski definition) is 2. The third-order valence-electron chi connectivity index (χ3n) is 4.40. The first-order chi connectivity index (χ1) is 10.2. The lowest BCUT2D eigenvalue weighted by molar-refractivity contribution is 0.227. The molecule has 1 atom stereocenters. The van der Waals surface area contributed by atoms with Crippen molar-refractivity contribution in [3.8, 4) is 5.75 Å². The predicted octanol–water partition coefficient (Wildman–Crippen LogP) is 3.22. The van der Waals surface area contributed by atoms with Crippen molar-refractivity contribution in [2.75, 3.05) is 6.54 Å². The van der Waals surface area contributed by atoms with Crippen molar-refractivity contribution in [1.29, 1.82) is 0 Å². The number of nitrogens with one attached hydrogen (secondary N) is 1. The maximum atomic E-state index is 5.96. The number of aromatic nitrogens is 1. The van der Waals surface area contributed by atoms with Crippen molar-refractivity contribution < 1.29 is 4.74 Å². The van der Waals surface area contributed by atoms with Crippen LogP contribution in [0.15, 0.2) is 30.3 Å². The lowest BCUT2D eigenvalue weighted by Gasteiger charge is -2.12. The van der Waals surface area contributed by atoms with Gasteiger partial charge in [0.25, 0.3) is 0 Å². The fourth-order valence-corrected chi connectivity index (χ4v) is 3.27. The second-order valence-corrected chi connectivity index (χ2v) is 5.82. The summed E-state index contributed by atoms with van der Waals surface area (Å²) in [5.41, 5.74) is 5.44. The Morgan fingerprint density at radius 2 is 2.10 bits per heavy atom. The van der Waals surface area contributed by atoms with Gasteiger partial charge in [-0.2, -0.15) is 0 Å². The molecule has 0 amide bonds. The van der Waals surface area contributed by atoms with E-state index in [1.807, 2.05) is 6.07 Å². The number of fused-ring (bicyclic) bond motifs is 1. The van der Waals surface area contributed by atoms with Crippen molar-refractivity contribution >= 4 is 0 Å². The molecule has 21 heavy (non-hydrogen) atoms. The van der Waals surface area contributed by atoms with Gasteiger partial charge in [0.15, 0.2) is 0 Å². The lowest BCUT2D eigenvalue weighted by Crippen LogP contribution is -2.29. The average Bonchev–Trinajstić information content (AvgIpc) is 3.00. The summed E-state index contributed by atoms with van der Waals surface area (Å²) < 4.78 is 8.32. The zero-order valence-corrected chi connectivity index (χ0v) is 13.1. The highest BCUT2D eigenvalue weighted by atomic mass is 16.5. The van der Waals surface area contributed by atoms with E-state index in [2.05, 4.69) is 54.9 Å². The van der Waals surface area contributed by atoms with Gasteiger partial charge < -0.3 is 14.6 Å². The van der Waals surface area contributed by atoms with Gasteiger partial charge in [0.1, 0.15) is 11.9 Å². The second kappa shape index (κ2) is 5.94. The Hall–Kier alpha value is -1.74. The van der Waals surface area contributed by atoms with E-state index in [4.69, 9.17) is 4.74 Å². The lowest BCUT2D eigenvalue weighted by atomic mass is 10.1. The highest BCUT2D eigenvalue weighted by Gasteiger charge is 2.21. The van der Waals surface area contributed by atoms with Gasteiger partial charge in [-0.3, -0.25) is 0 Å². The van der Waals surface area contributed by atoms with Gasteiger partial charge in [0.2, 0.25) is 0 Å². The van der Waals surface area contributed by atoms with E-state index in [1.54, 1.807) is 0 Å². The Balaban J connectivity index is 1.54. The summed E-state index contributed by atoms with van der Waals surface area (Å²) in [5.74, 6) is 1.05. The normalized spacial score (nSPS) is 16.8. The van der Waals surface area contributed by atoms with Crippen LogP contribution >= 0.6 is 0 Å². The molecule has 2 heterocycles. The van der Waals surface area contributed by atoms with E-state index >= 15 is 0 Å². The summed E-state index contributed by atoms with van der Waals surface area (Å²) in [6.07, 6.45) is 1.27. The van der Waals surface area contributed by atoms with Gasteiger partial charge in [-0.25, -0.2) is 0 Å². The molecule has 0 radical (unpaired) electrons. The summed E-state index contributed by atoms with van der Waals surface area (Å²) in [6, 6.07) is 10.6. The summed E-state index contributed by atoms with van der Waals surface area (Å²) in [4.78, 5) is 0. The molecule has 3 heteroatoms. The van der Waals surface area contributed by atoms with Gasteiger partial charge >= 0.3 is 0 Å². The molecule has 1 aliphatic heterocycles. The zero-order chi connectivity index (χ0) is 14.8. The molecule has 0 bridgehead atoms. The second-order valence-electron chi connectivity index (χ2n) is 5.82. The van der Waals surface area contributed by atoms with E-state index in [0.717, 1.165) is 31.8 Å². The van der Waals surface area contributed by atoms with Gasteiger partial charge in [-0.05, 0) is 44.0 Å². The largest absolute Gasteiger partial charge is 0.488 e. The third-order valence-corrected chi connectivity index (χ3v) is 4.40. The molecule has 1 unspecified atom stereocenters. The standard InChI is InChI=1S/C18H24N2O/c1-4-20-13(2)9-16(14(20)3)11-19-12-17-10-15-7-5-6-8-18(15)21-17/h5-9,17,19H,4,10-12H2,1-3H3. The first-order valence-electron chi connectivity index (χ1n) is 7.80. The quantitative estimate of drug-likeness (QED) is 0.912. The first kappa shape index (κ1) is 14.2. The van der Waals surface area contributed by atoms with Gasteiger partial charge in [-0.1, -0.05) is 18.2 Å². The third kappa shape index (κ3) is 2.84. The Kier molecular flexibility index (Phi) is 4.02. The molecular formula is C18H24N2O. The number of rotatable bonds is 5. The first-order valence-corrected chi connectivity index (χ1v) is 7.80. The maximum Gasteiger partial charge on any atom is 0.123 e. The summed E-state index contributed by atoms with van der Waals surface area (Å²) in [5, 5.41) is 3.55. The molecule has 0 saturated heterocycles. The Morgan fingerprint density at radius 1 is 1.29 bits per heavy atom. The van der Waals surface area contributed by atoms with Crippen LogP contribution in [0.2, 0.25) is 0 Å². The fourth-order valence-electron chi connectivity index (χ4n) is 3.27. The SMILES string of the molecule is CCn1c(C)cc(CNCC2Cc3ccccc3O2)c1C. The molecule has 0 saturated carbocycles. The fraction of sp³-hybridized carbons (Fsp3) is 0.444. The number of para-hydroxylation sites is 1. The number of nitrogens with zero attached hydrogens (tertiary/aromatic N) is 1. The topological polar surface area (TPSA) is 26.2 Å². The van der Waals surface area contributed by atoms with Crippen molar-refractivity contribution in [1.82, 2.24) is 9.88 Å². The molecule has 1 aromatic carbocycles. The van der Waals surface area contributed by atoms with Crippen LogP contribution in [0, 0.1) is 13.8 Å². The zero-order valence-electron chi connectivity index (χ0n) is 13.1. The van der Waals surface area contributed by atoms with Crippen molar-refractivity contribution in [2.24, 2.45) is 0 Å². The molecule has 3 nitrogen and oxygen atoms in total. The maximum absolute atomic E-state index is 5.96. The number of ether oxygens (including phenoxy) is 1. The minimum Gasteiger partial charge on any atom is -0.488 e. The highest BCUT2D eigenvalue weighted by molar-refractivity contribution is 5.37. The molecule has 3 rings (SSSR count). The molecule has 1 aliphatic rings. The average molecular weight is 284 g/mol. The number of aryl methyl sites for hydroxylation is 1. The Labute approximate surface area is 126 Å². The molecule has 0 spiro atoms. The molecule has 0 fully saturated rings. The van der Waals surface area contributed by atoms with Crippen LogP contribution in [0.5, 0.6) is 5.75 Å². The van der Waals surface area contributed by atoms with Crippen LogP contribution < -0.4 is 10.1 Å². The van der Waals surface area contributed by atoms with Crippen LogP contribution in [0.4, 0.5) is 0 Å². The van der Waals surface area contributed by atoms with Crippen LogP contribution in [0.3, 0.4) is 0 Å². The van der Waals surface area contributed by atoms with Crippen LogP contribution in [-0.4, -0.2) is 17.2 Å². The van der Waals surface area contributed by atoms with Gasteiger partial charge in [0.05, 0.1) is 0 Å². The number of hydrogen-bond donors (Lipinski definition) is 1. The van der Waals surface area contributed by atoms with E-state index in [9.17, 15) is 0 Å².